The van der Waals surface area contributed by atoms with E-state index in [-0.39, 0.29) is 10.6 Å². The summed E-state index contributed by atoms with van der Waals surface area (Å²) in [5.74, 6) is 0.559. The van der Waals surface area contributed by atoms with Crippen LogP contribution in [0.4, 0.5) is 11.5 Å². The Bertz CT molecular complexity index is 497. The predicted molar refractivity (Wildman–Crippen MR) is 68.7 cm³/mol. The first-order valence-electron chi connectivity index (χ1n) is 6.47. The molecule has 96 valence electrons. The lowest BCUT2D eigenvalue weighted by Gasteiger charge is -2.38. The van der Waals surface area contributed by atoms with Crippen molar-refractivity contribution in [3.8, 4) is 0 Å². The number of aromatic nitrogens is 1. The maximum Gasteiger partial charge on any atom is 0.311 e. The molecule has 3 rings (SSSR count). The zero-order chi connectivity index (χ0) is 12.8. The Hall–Kier alpha value is -1.65. The third-order valence-corrected chi connectivity index (χ3v) is 4.34. The van der Waals surface area contributed by atoms with Crippen LogP contribution in [0.2, 0.25) is 0 Å². The van der Waals surface area contributed by atoms with Gasteiger partial charge in [0.15, 0.2) is 0 Å². The highest BCUT2D eigenvalue weighted by Gasteiger charge is 2.44. The monoisotopic (exact) mass is 247 g/mol. The van der Waals surface area contributed by atoms with Crippen molar-refractivity contribution in [3.63, 3.8) is 0 Å². The number of hydrogen-bond donors (Lipinski definition) is 0. The van der Waals surface area contributed by atoms with Crippen LogP contribution in [0.5, 0.6) is 0 Å². The van der Waals surface area contributed by atoms with Crippen molar-refractivity contribution in [2.24, 2.45) is 5.41 Å². The molecule has 0 atom stereocenters. The van der Waals surface area contributed by atoms with E-state index in [0.29, 0.717) is 11.2 Å². The van der Waals surface area contributed by atoms with Crippen molar-refractivity contribution in [1.29, 1.82) is 0 Å². The topological polar surface area (TPSA) is 59.3 Å². The second-order valence-corrected chi connectivity index (χ2v) is 5.58. The highest BCUT2D eigenvalue weighted by atomic mass is 16.6. The standard InChI is InChI=1S/C13H17N3O2/c1-10-3-4-11(16(17)18)12(14-10)15-8-7-13(9-15)5-2-6-13/h3-4H,2,5-9H2,1H3. The molecule has 5 nitrogen and oxygen atoms in total. The molecule has 1 aromatic heterocycles. The molecular formula is C13H17N3O2. The van der Waals surface area contributed by atoms with Gasteiger partial charge in [-0.05, 0) is 37.7 Å². The van der Waals surface area contributed by atoms with Gasteiger partial charge in [-0.25, -0.2) is 4.98 Å². The Labute approximate surface area is 106 Å². The smallest absolute Gasteiger partial charge is 0.311 e. The van der Waals surface area contributed by atoms with E-state index in [1.807, 2.05) is 6.92 Å². The van der Waals surface area contributed by atoms with Crippen LogP contribution in [0.25, 0.3) is 0 Å². The van der Waals surface area contributed by atoms with Gasteiger partial charge in [0.05, 0.1) is 4.92 Å². The average molecular weight is 247 g/mol. The molecule has 1 aliphatic carbocycles. The van der Waals surface area contributed by atoms with Gasteiger partial charge in [-0.15, -0.1) is 0 Å². The molecule has 1 aromatic rings. The molecule has 1 saturated carbocycles. The molecule has 2 fully saturated rings. The van der Waals surface area contributed by atoms with Crippen molar-refractivity contribution in [3.05, 3.63) is 27.9 Å². The summed E-state index contributed by atoms with van der Waals surface area (Å²) in [6.45, 7) is 3.71. The van der Waals surface area contributed by atoms with E-state index >= 15 is 0 Å². The Balaban J connectivity index is 1.91. The van der Waals surface area contributed by atoms with E-state index in [2.05, 4.69) is 9.88 Å². The van der Waals surface area contributed by atoms with Gasteiger partial charge >= 0.3 is 5.69 Å². The van der Waals surface area contributed by atoms with Gasteiger partial charge in [-0.3, -0.25) is 10.1 Å². The van der Waals surface area contributed by atoms with Crippen LogP contribution >= 0.6 is 0 Å². The molecule has 2 heterocycles. The minimum absolute atomic E-state index is 0.136. The molecule has 5 heteroatoms. The largest absolute Gasteiger partial charge is 0.350 e. The van der Waals surface area contributed by atoms with E-state index in [1.165, 1.54) is 19.3 Å². The molecule has 0 N–H and O–H groups in total. The van der Waals surface area contributed by atoms with Gasteiger partial charge in [0.1, 0.15) is 0 Å². The SMILES string of the molecule is Cc1ccc([N+](=O)[O-])c(N2CCC3(CCC3)C2)n1. The molecule has 1 spiro atoms. The molecule has 0 amide bonds. The Kier molecular flexibility index (Phi) is 2.50. The minimum Gasteiger partial charge on any atom is -0.350 e. The fraction of sp³-hybridized carbons (Fsp3) is 0.615. The normalized spacial score (nSPS) is 21.1. The lowest BCUT2D eigenvalue weighted by atomic mass is 9.68. The second-order valence-electron chi connectivity index (χ2n) is 5.58. The number of aryl methyl sites for hydroxylation is 1. The van der Waals surface area contributed by atoms with E-state index in [4.69, 9.17) is 0 Å². The molecule has 0 unspecified atom stereocenters. The van der Waals surface area contributed by atoms with Crippen LogP contribution in [0.3, 0.4) is 0 Å². The van der Waals surface area contributed by atoms with Gasteiger partial charge in [-0.1, -0.05) is 6.42 Å². The fourth-order valence-electron chi connectivity index (χ4n) is 3.11. The zero-order valence-corrected chi connectivity index (χ0v) is 10.6. The third kappa shape index (κ3) is 1.74. The van der Waals surface area contributed by atoms with Crippen molar-refractivity contribution in [1.82, 2.24) is 4.98 Å². The average Bonchev–Trinajstić information content (AvgIpc) is 2.73. The van der Waals surface area contributed by atoms with Crippen molar-refractivity contribution >= 4 is 11.5 Å². The van der Waals surface area contributed by atoms with E-state index in [0.717, 1.165) is 25.2 Å². The summed E-state index contributed by atoms with van der Waals surface area (Å²) in [5.41, 5.74) is 1.40. The first-order valence-corrected chi connectivity index (χ1v) is 6.47. The summed E-state index contributed by atoms with van der Waals surface area (Å²) in [4.78, 5) is 17.2. The highest BCUT2D eigenvalue weighted by molar-refractivity contribution is 5.59. The van der Waals surface area contributed by atoms with Gasteiger partial charge in [0.25, 0.3) is 0 Å². The second kappa shape index (κ2) is 3.93. The Morgan fingerprint density at radius 2 is 2.17 bits per heavy atom. The van der Waals surface area contributed by atoms with Gasteiger partial charge in [-0.2, -0.15) is 0 Å². The van der Waals surface area contributed by atoms with E-state index in [9.17, 15) is 10.1 Å². The van der Waals surface area contributed by atoms with Crippen LogP contribution in [-0.4, -0.2) is 23.0 Å². The minimum atomic E-state index is -0.326. The van der Waals surface area contributed by atoms with Crippen LogP contribution in [0.15, 0.2) is 12.1 Å². The van der Waals surface area contributed by atoms with E-state index < -0.39 is 0 Å². The molecule has 0 radical (unpaired) electrons. The summed E-state index contributed by atoms with van der Waals surface area (Å²) in [6.07, 6.45) is 4.99. The summed E-state index contributed by atoms with van der Waals surface area (Å²) >= 11 is 0. The van der Waals surface area contributed by atoms with Gasteiger partial charge in [0, 0.05) is 24.8 Å². The Morgan fingerprint density at radius 3 is 2.72 bits per heavy atom. The molecule has 0 aromatic carbocycles. The maximum absolute atomic E-state index is 11.1. The molecule has 2 aliphatic rings. The van der Waals surface area contributed by atoms with Crippen molar-refractivity contribution < 1.29 is 4.92 Å². The summed E-state index contributed by atoms with van der Waals surface area (Å²) in [7, 11) is 0. The number of nitrogens with zero attached hydrogens (tertiary/aromatic N) is 3. The summed E-state index contributed by atoms with van der Waals surface area (Å²) in [5, 5.41) is 11.1. The maximum atomic E-state index is 11.1. The third-order valence-electron chi connectivity index (χ3n) is 4.34. The van der Waals surface area contributed by atoms with Gasteiger partial charge < -0.3 is 4.90 Å². The first-order chi connectivity index (χ1) is 8.60. The number of anilines is 1. The van der Waals surface area contributed by atoms with Crippen LogP contribution in [0.1, 0.15) is 31.4 Å². The highest BCUT2D eigenvalue weighted by Crippen LogP contribution is 2.49. The zero-order valence-electron chi connectivity index (χ0n) is 10.6. The predicted octanol–water partition coefficient (Wildman–Crippen LogP) is 2.68. The number of rotatable bonds is 2. The number of hydrogen-bond acceptors (Lipinski definition) is 4. The number of nitro groups is 1. The quantitative estimate of drug-likeness (QED) is 0.595. The van der Waals surface area contributed by atoms with E-state index in [1.54, 1.807) is 12.1 Å². The van der Waals surface area contributed by atoms with Gasteiger partial charge in [0.2, 0.25) is 5.82 Å². The summed E-state index contributed by atoms with van der Waals surface area (Å²) in [6, 6.07) is 3.28. The molecule has 18 heavy (non-hydrogen) atoms. The molecule has 1 saturated heterocycles. The van der Waals surface area contributed by atoms with Crippen molar-refractivity contribution in [2.75, 3.05) is 18.0 Å². The molecular weight excluding hydrogens is 230 g/mol. The van der Waals surface area contributed by atoms with Crippen LogP contribution in [-0.2, 0) is 0 Å². The number of pyridine rings is 1. The van der Waals surface area contributed by atoms with Crippen molar-refractivity contribution in [2.45, 2.75) is 32.6 Å². The van der Waals surface area contributed by atoms with Crippen LogP contribution < -0.4 is 4.90 Å². The molecule has 1 aliphatic heterocycles. The molecule has 0 bridgehead atoms. The summed E-state index contributed by atoms with van der Waals surface area (Å²) < 4.78 is 0. The lowest BCUT2D eigenvalue weighted by Crippen LogP contribution is -2.33. The Morgan fingerprint density at radius 1 is 1.39 bits per heavy atom. The van der Waals surface area contributed by atoms with Crippen LogP contribution in [0, 0.1) is 22.5 Å². The lowest BCUT2D eigenvalue weighted by molar-refractivity contribution is -0.384. The first kappa shape index (κ1) is 11.4. The fourth-order valence-corrected chi connectivity index (χ4v) is 3.11.